The van der Waals surface area contributed by atoms with Crippen LogP contribution in [0, 0.1) is 11.3 Å². The van der Waals surface area contributed by atoms with Crippen LogP contribution >= 0.6 is 23.2 Å². The summed E-state index contributed by atoms with van der Waals surface area (Å²) >= 11 is 12.3. The van der Waals surface area contributed by atoms with Crippen molar-refractivity contribution >= 4 is 34.1 Å². The number of fused-ring (bicyclic) bond motifs is 1. The molecule has 1 aromatic heterocycles. The van der Waals surface area contributed by atoms with E-state index in [4.69, 9.17) is 33.2 Å². The SMILES string of the molecule is N#Cc1ccc(OCc2cc3ccccc3nc2Cl)c(Cl)c1. The standard InChI is InChI=1S/C17H10Cl2N2O/c18-14-7-11(9-20)5-6-16(14)22-10-13-8-12-3-1-2-4-15(12)21-17(13)19/h1-8H,10H2. The molecule has 0 N–H and O–H groups in total. The fraction of sp³-hybridized carbons (Fsp3) is 0.0588. The Morgan fingerprint density at radius 2 is 1.91 bits per heavy atom. The second-order valence-electron chi connectivity index (χ2n) is 4.68. The zero-order valence-electron chi connectivity index (χ0n) is 11.4. The summed E-state index contributed by atoms with van der Waals surface area (Å²) in [6.07, 6.45) is 0. The topological polar surface area (TPSA) is 45.9 Å². The maximum atomic E-state index is 8.82. The third-order valence-electron chi connectivity index (χ3n) is 3.19. The van der Waals surface area contributed by atoms with Gasteiger partial charge in [-0.1, -0.05) is 41.4 Å². The fourth-order valence-electron chi connectivity index (χ4n) is 2.08. The molecule has 0 spiro atoms. The van der Waals surface area contributed by atoms with E-state index in [2.05, 4.69) is 4.98 Å². The van der Waals surface area contributed by atoms with Crippen molar-refractivity contribution < 1.29 is 4.74 Å². The van der Waals surface area contributed by atoms with Gasteiger partial charge in [0.25, 0.3) is 0 Å². The predicted molar refractivity (Wildman–Crippen MR) is 87.3 cm³/mol. The van der Waals surface area contributed by atoms with E-state index < -0.39 is 0 Å². The number of nitrogens with zero attached hydrogens (tertiary/aromatic N) is 2. The summed E-state index contributed by atoms with van der Waals surface area (Å²) in [5.41, 5.74) is 2.11. The Hall–Kier alpha value is -2.28. The molecule has 0 amide bonds. The number of halogens is 2. The van der Waals surface area contributed by atoms with Crippen molar-refractivity contribution in [2.75, 3.05) is 0 Å². The van der Waals surface area contributed by atoms with Crippen LogP contribution in [0.1, 0.15) is 11.1 Å². The Balaban J connectivity index is 1.85. The zero-order valence-corrected chi connectivity index (χ0v) is 12.9. The molecule has 2 aromatic carbocycles. The van der Waals surface area contributed by atoms with Gasteiger partial charge >= 0.3 is 0 Å². The minimum atomic E-state index is 0.252. The Bertz CT molecular complexity index is 887. The summed E-state index contributed by atoms with van der Waals surface area (Å²) in [5.74, 6) is 0.505. The van der Waals surface area contributed by atoms with Crippen molar-refractivity contribution in [3.63, 3.8) is 0 Å². The fourth-order valence-corrected chi connectivity index (χ4v) is 2.52. The Labute approximate surface area is 137 Å². The number of hydrogen-bond donors (Lipinski definition) is 0. The summed E-state index contributed by atoms with van der Waals surface area (Å²) in [7, 11) is 0. The molecular weight excluding hydrogens is 319 g/mol. The third-order valence-corrected chi connectivity index (χ3v) is 3.82. The second kappa shape index (κ2) is 6.23. The van der Waals surface area contributed by atoms with Crippen LogP contribution in [0.4, 0.5) is 0 Å². The van der Waals surface area contributed by atoms with Crippen molar-refractivity contribution in [2.24, 2.45) is 0 Å². The van der Waals surface area contributed by atoms with Crippen LogP contribution in [-0.2, 0) is 6.61 Å². The Morgan fingerprint density at radius 3 is 2.68 bits per heavy atom. The lowest BCUT2D eigenvalue weighted by Gasteiger charge is -2.10. The lowest BCUT2D eigenvalue weighted by atomic mass is 10.2. The molecule has 0 unspecified atom stereocenters. The van der Waals surface area contributed by atoms with Crippen LogP contribution in [0.25, 0.3) is 10.9 Å². The second-order valence-corrected chi connectivity index (χ2v) is 5.44. The van der Waals surface area contributed by atoms with Crippen LogP contribution in [0.15, 0.2) is 48.5 Å². The molecule has 3 nitrogen and oxygen atoms in total. The largest absolute Gasteiger partial charge is 0.487 e. The van der Waals surface area contributed by atoms with E-state index in [1.54, 1.807) is 18.2 Å². The van der Waals surface area contributed by atoms with Crippen LogP contribution in [0.2, 0.25) is 10.2 Å². The first kappa shape index (κ1) is 14.6. The Morgan fingerprint density at radius 1 is 1.09 bits per heavy atom. The van der Waals surface area contributed by atoms with Gasteiger partial charge in [-0.15, -0.1) is 0 Å². The molecule has 3 rings (SSSR count). The molecule has 0 aliphatic heterocycles. The highest BCUT2D eigenvalue weighted by atomic mass is 35.5. The number of benzene rings is 2. The van der Waals surface area contributed by atoms with Gasteiger partial charge in [-0.3, -0.25) is 0 Å². The van der Waals surface area contributed by atoms with Crippen molar-refractivity contribution in [3.8, 4) is 11.8 Å². The highest BCUT2D eigenvalue weighted by Crippen LogP contribution is 2.27. The van der Waals surface area contributed by atoms with Gasteiger partial charge in [0, 0.05) is 10.9 Å². The van der Waals surface area contributed by atoms with Gasteiger partial charge < -0.3 is 4.74 Å². The molecule has 0 saturated carbocycles. The molecule has 0 fully saturated rings. The molecule has 0 bridgehead atoms. The van der Waals surface area contributed by atoms with E-state index in [0.717, 1.165) is 16.5 Å². The maximum Gasteiger partial charge on any atom is 0.138 e. The van der Waals surface area contributed by atoms with Gasteiger partial charge in [-0.2, -0.15) is 5.26 Å². The molecule has 0 atom stereocenters. The Kier molecular flexibility index (Phi) is 4.15. The van der Waals surface area contributed by atoms with Gasteiger partial charge in [0.2, 0.25) is 0 Å². The van der Waals surface area contributed by atoms with Crippen molar-refractivity contribution in [1.29, 1.82) is 5.26 Å². The van der Waals surface area contributed by atoms with Gasteiger partial charge in [0.05, 0.1) is 22.2 Å². The minimum Gasteiger partial charge on any atom is -0.487 e. The van der Waals surface area contributed by atoms with Crippen LogP contribution in [-0.4, -0.2) is 4.98 Å². The number of rotatable bonds is 3. The number of aromatic nitrogens is 1. The minimum absolute atomic E-state index is 0.252. The lowest BCUT2D eigenvalue weighted by Crippen LogP contribution is -1.98. The van der Waals surface area contributed by atoms with E-state index in [9.17, 15) is 0 Å². The lowest BCUT2D eigenvalue weighted by molar-refractivity contribution is 0.306. The average Bonchev–Trinajstić information content (AvgIpc) is 2.53. The molecule has 108 valence electrons. The summed E-state index contributed by atoms with van der Waals surface area (Å²) in [5, 5.41) is 10.6. The van der Waals surface area contributed by atoms with E-state index in [-0.39, 0.29) is 6.61 Å². The normalized spacial score (nSPS) is 10.4. The quantitative estimate of drug-likeness (QED) is 0.636. The number of nitriles is 1. The summed E-state index contributed by atoms with van der Waals surface area (Å²) in [6.45, 7) is 0.252. The number of hydrogen-bond acceptors (Lipinski definition) is 3. The van der Waals surface area contributed by atoms with Crippen LogP contribution < -0.4 is 4.74 Å². The average molecular weight is 329 g/mol. The number of para-hydroxylation sites is 1. The zero-order chi connectivity index (χ0) is 15.5. The molecule has 22 heavy (non-hydrogen) atoms. The molecular formula is C17H10Cl2N2O. The third kappa shape index (κ3) is 2.99. The van der Waals surface area contributed by atoms with E-state index in [1.165, 1.54) is 0 Å². The first-order valence-electron chi connectivity index (χ1n) is 6.54. The molecule has 0 aliphatic carbocycles. The summed E-state index contributed by atoms with van der Waals surface area (Å²) < 4.78 is 5.69. The number of ether oxygens (including phenoxy) is 1. The maximum absolute atomic E-state index is 8.82. The smallest absolute Gasteiger partial charge is 0.138 e. The highest BCUT2D eigenvalue weighted by molar-refractivity contribution is 6.32. The van der Waals surface area contributed by atoms with Gasteiger partial charge in [0.15, 0.2) is 0 Å². The predicted octanol–water partition coefficient (Wildman–Crippen LogP) is 4.99. The van der Waals surface area contributed by atoms with Gasteiger partial charge in [-0.25, -0.2) is 4.98 Å². The first-order valence-corrected chi connectivity index (χ1v) is 7.29. The monoisotopic (exact) mass is 328 g/mol. The van der Waals surface area contributed by atoms with E-state index in [1.807, 2.05) is 36.4 Å². The number of pyridine rings is 1. The van der Waals surface area contributed by atoms with E-state index in [0.29, 0.717) is 21.5 Å². The highest BCUT2D eigenvalue weighted by Gasteiger charge is 2.08. The summed E-state index contributed by atoms with van der Waals surface area (Å²) in [4.78, 5) is 4.35. The molecule has 0 saturated heterocycles. The molecule has 3 aromatic rings. The van der Waals surface area contributed by atoms with Crippen LogP contribution in [0.5, 0.6) is 5.75 Å². The van der Waals surface area contributed by atoms with Crippen molar-refractivity contribution in [1.82, 2.24) is 4.98 Å². The molecule has 0 aliphatic rings. The molecule has 5 heteroatoms. The van der Waals surface area contributed by atoms with E-state index >= 15 is 0 Å². The molecule has 0 radical (unpaired) electrons. The molecule has 1 heterocycles. The first-order chi connectivity index (χ1) is 10.7. The summed E-state index contributed by atoms with van der Waals surface area (Å²) in [6, 6.07) is 16.6. The van der Waals surface area contributed by atoms with Gasteiger partial charge in [0.1, 0.15) is 17.5 Å². The van der Waals surface area contributed by atoms with Crippen molar-refractivity contribution in [3.05, 3.63) is 69.8 Å². The van der Waals surface area contributed by atoms with Crippen LogP contribution in [0.3, 0.4) is 0 Å². The van der Waals surface area contributed by atoms with Crippen molar-refractivity contribution in [2.45, 2.75) is 6.61 Å². The van der Waals surface area contributed by atoms with Gasteiger partial charge in [-0.05, 0) is 30.3 Å².